The van der Waals surface area contributed by atoms with Gasteiger partial charge in [-0.2, -0.15) is 5.10 Å². The number of para-hydroxylation sites is 1. The molecular formula is C15H20N4O2. The first-order chi connectivity index (χ1) is 10.1. The maximum atomic E-state index is 12.5. The third-order valence-electron chi connectivity index (χ3n) is 4.02. The van der Waals surface area contributed by atoms with Gasteiger partial charge in [-0.05, 0) is 19.4 Å². The molecule has 1 amide bonds. The number of aromatic nitrogens is 2. The Labute approximate surface area is 123 Å². The van der Waals surface area contributed by atoms with Gasteiger partial charge in [0, 0.05) is 25.1 Å². The van der Waals surface area contributed by atoms with Crippen molar-refractivity contribution in [2.24, 2.45) is 12.8 Å². The van der Waals surface area contributed by atoms with Gasteiger partial charge < -0.3 is 15.8 Å². The van der Waals surface area contributed by atoms with Crippen LogP contribution in [0.3, 0.4) is 0 Å². The fourth-order valence-corrected chi connectivity index (χ4v) is 2.83. The van der Waals surface area contributed by atoms with Crippen LogP contribution in [0.1, 0.15) is 23.8 Å². The van der Waals surface area contributed by atoms with E-state index >= 15 is 0 Å². The zero-order chi connectivity index (χ0) is 15.0. The molecular weight excluding hydrogens is 268 g/mol. The SMILES string of the molecule is CCOC1CC(N)C1NC(=O)c1nn(C)c2ccccc12. The monoisotopic (exact) mass is 288 g/mol. The van der Waals surface area contributed by atoms with Crippen molar-refractivity contribution in [3.8, 4) is 0 Å². The maximum Gasteiger partial charge on any atom is 0.272 e. The lowest BCUT2D eigenvalue weighted by Gasteiger charge is -2.42. The zero-order valence-electron chi connectivity index (χ0n) is 12.2. The molecule has 6 nitrogen and oxygen atoms in total. The van der Waals surface area contributed by atoms with E-state index < -0.39 is 0 Å². The lowest BCUT2D eigenvalue weighted by molar-refractivity contribution is -0.0300. The number of nitrogens with zero attached hydrogens (tertiary/aromatic N) is 2. The second kappa shape index (κ2) is 5.46. The van der Waals surface area contributed by atoms with Crippen molar-refractivity contribution in [1.82, 2.24) is 15.1 Å². The van der Waals surface area contributed by atoms with Crippen molar-refractivity contribution >= 4 is 16.8 Å². The Morgan fingerprint density at radius 1 is 1.52 bits per heavy atom. The van der Waals surface area contributed by atoms with Gasteiger partial charge in [0.25, 0.3) is 5.91 Å². The number of nitrogens with two attached hydrogens (primary N) is 1. The summed E-state index contributed by atoms with van der Waals surface area (Å²) in [4.78, 5) is 12.5. The molecule has 1 heterocycles. The molecule has 0 saturated heterocycles. The third-order valence-corrected chi connectivity index (χ3v) is 4.02. The Balaban J connectivity index is 1.81. The molecule has 0 bridgehead atoms. The van der Waals surface area contributed by atoms with Crippen molar-refractivity contribution < 1.29 is 9.53 Å². The third kappa shape index (κ3) is 2.41. The number of hydrogen-bond acceptors (Lipinski definition) is 4. The minimum Gasteiger partial charge on any atom is -0.376 e. The highest BCUT2D eigenvalue weighted by Gasteiger charge is 2.40. The van der Waals surface area contributed by atoms with Gasteiger partial charge in [-0.25, -0.2) is 0 Å². The van der Waals surface area contributed by atoms with Gasteiger partial charge in [-0.1, -0.05) is 18.2 Å². The van der Waals surface area contributed by atoms with Crippen LogP contribution < -0.4 is 11.1 Å². The van der Waals surface area contributed by atoms with E-state index in [9.17, 15) is 4.79 Å². The predicted molar refractivity (Wildman–Crippen MR) is 80.0 cm³/mol. The fraction of sp³-hybridized carbons (Fsp3) is 0.467. The molecule has 0 spiro atoms. The summed E-state index contributed by atoms with van der Waals surface area (Å²) in [6.45, 7) is 2.56. The molecule has 1 aliphatic carbocycles. The summed E-state index contributed by atoms with van der Waals surface area (Å²) in [5, 5.41) is 8.12. The van der Waals surface area contributed by atoms with Crippen LogP contribution in [0.2, 0.25) is 0 Å². The number of hydrogen-bond donors (Lipinski definition) is 2. The van der Waals surface area contributed by atoms with E-state index in [1.807, 2.05) is 38.2 Å². The van der Waals surface area contributed by atoms with Gasteiger partial charge >= 0.3 is 0 Å². The summed E-state index contributed by atoms with van der Waals surface area (Å²) < 4.78 is 7.28. The number of aryl methyl sites for hydroxylation is 1. The summed E-state index contributed by atoms with van der Waals surface area (Å²) in [5.74, 6) is -0.198. The van der Waals surface area contributed by atoms with Crippen molar-refractivity contribution in [3.63, 3.8) is 0 Å². The summed E-state index contributed by atoms with van der Waals surface area (Å²) in [6.07, 6.45) is 0.783. The molecule has 0 aliphatic heterocycles. The van der Waals surface area contributed by atoms with Gasteiger partial charge in [-0.15, -0.1) is 0 Å². The first-order valence-corrected chi connectivity index (χ1v) is 7.21. The van der Waals surface area contributed by atoms with Gasteiger partial charge in [0.1, 0.15) is 0 Å². The van der Waals surface area contributed by atoms with E-state index in [1.54, 1.807) is 4.68 Å². The maximum absolute atomic E-state index is 12.5. The van der Waals surface area contributed by atoms with E-state index in [0.717, 1.165) is 17.3 Å². The van der Waals surface area contributed by atoms with E-state index in [4.69, 9.17) is 10.5 Å². The zero-order valence-corrected chi connectivity index (χ0v) is 12.2. The molecule has 3 atom stereocenters. The molecule has 1 saturated carbocycles. The quantitative estimate of drug-likeness (QED) is 0.872. The number of nitrogens with one attached hydrogen (secondary N) is 1. The smallest absolute Gasteiger partial charge is 0.272 e. The van der Waals surface area contributed by atoms with Crippen molar-refractivity contribution in [1.29, 1.82) is 0 Å². The number of carbonyl (C=O) groups is 1. The molecule has 3 rings (SSSR count). The van der Waals surface area contributed by atoms with Crippen LogP contribution >= 0.6 is 0 Å². The van der Waals surface area contributed by atoms with Crippen LogP contribution in [-0.2, 0) is 11.8 Å². The largest absolute Gasteiger partial charge is 0.376 e. The molecule has 3 unspecified atom stereocenters. The molecule has 0 radical (unpaired) electrons. The molecule has 112 valence electrons. The average molecular weight is 288 g/mol. The number of rotatable bonds is 4. The topological polar surface area (TPSA) is 82.2 Å². The second-order valence-corrected chi connectivity index (χ2v) is 5.38. The van der Waals surface area contributed by atoms with E-state index in [2.05, 4.69) is 10.4 Å². The lowest BCUT2D eigenvalue weighted by atomic mass is 9.83. The normalized spacial score (nSPS) is 24.8. The first kappa shape index (κ1) is 14.0. The highest BCUT2D eigenvalue weighted by Crippen LogP contribution is 2.24. The molecule has 1 aromatic carbocycles. The first-order valence-electron chi connectivity index (χ1n) is 7.21. The van der Waals surface area contributed by atoms with Crippen LogP contribution in [0.5, 0.6) is 0 Å². The van der Waals surface area contributed by atoms with Crippen LogP contribution in [0.25, 0.3) is 10.9 Å². The van der Waals surface area contributed by atoms with Gasteiger partial charge in [0.2, 0.25) is 0 Å². The average Bonchev–Trinajstić information content (AvgIpc) is 2.82. The molecule has 6 heteroatoms. The molecule has 21 heavy (non-hydrogen) atoms. The minimum atomic E-state index is -0.198. The Morgan fingerprint density at radius 2 is 2.29 bits per heavy atom. The number of ether oxygens (including phenoxy) is 1. The highest BCUT2D eigenvalue weighted by molar-refractivity contribution is 6.05. The highest BCUT2D eigenvalue weighted by atomic mass is 16.5. The second-order valence-electron chi connectivity index (χ2n) is 5.38. The molecule has 3 N–H and O–H groups in total. The van der Waals surface area contributed by atoms with Crippen molar-refractivity contribution in [3.05, 3.63) is 30.0 Å². The van der Waals surface area contributed by atoms with Gasteiger partial charge in [0.05, 0.1) is 17.7 Å². The van der Waals surface area contributed by atoms with Crippen molar-refractivity contribution in [2.45, 2.75) is 31.5 Å². The van der Waals surface area contributed by atoms with Crippen LogP contribution in [0.15, 0.2) is 24.3 Å². The van der Waals surface area contributed by atoms with Gasteiger partial charge in [0.15, 0.2) is 5.69 Å². The molecule has 1 aliphatic rings. The van der Waals surface area contributed by atoms with Crippen LogP contribution in [-0.4, -0.2) is 40.5 Å². The number of fused-ring (bicyclic) bond motifs is 1. The standard InChI is InChI=1S/C15H20N4O2/c1-3-21-12-8-10(16)14(12)17-15(20)13-9-6-4-5-7-11(9)19(2)18-13/h4-7,10,12,14H,3,8,16H2,1-2H3,(H,17,20). The number of benzene rings is 1. The van der Waals surface area contributed by atoms with E-state index in [1.165, 1.54) is 0 Å². The number of amides is 1. The Morgan fingerprint density at radius 3 is 3.00 bits per heavy atom. The minimum absolute atomic E-state index is 0.00364. The van der Waals surface area contributed by atoms with E-state index in [-0.39, 0.29) is 24.1 Å². The van der Waals surface area contributed by atoms with Crippen LogP contribution in [0, 0.1) is 0 Å². The molecule has 2 aromatic rings. The summed E-state index contributed by atoms with van der Waals surface area (Å²) >= 11 is 0. The lowest BCUT2D eigenvalue weighted by Crippen LogP contribution is -2.64. The van der Waals surface area contributed by atoms with Gasteiger partial charge in [-0.3, -0.25) is 9.48 Å². The molecule has 1 aromatic heterocycles. The predicted octanol–water partition coefficient (Wildman–Crippen LogP) is 0.808. The Kier molecular flexibility index (Phi) is 3.65. The summed E-state index contributed by atoms with van der Waals surface area (Å²) in [5.41, 5.74) is 7.33. The summed E-state index contributed by atoms with van der Waals surface area (Å²) in [6, 6.07) is 7.48. The Hall–Kier alpha value is -1.92. The fourth-order valence-electron chi connectivity index (χ4n) is 2.83. The van der Waals surface area contributed by atoms with E-state index in [0.29, 0.717) is 12.3 Å². The molecule has 1 fully saturated rings. The number of carbonyl (C=O) groups excluding carboxylic acids is 1. The summed E-state index contributed by atoms with van der Waals surface area (Å²) in [7, 11) is 1.83. The van der Waals surface area contributed by atoms with Crippen molar-refractivity contribution in [2.75, 3.05) is 6.61 Å². The Bertz CT molecular complexity index is 665. The van der Waals surface area contributed by atoms with Crippen LogP contribution in [0.4, 0.5) is 0 Å².